The number of ether oxygens (including phenoxy) is 2. The van der Waals surface area contributed by atoms with E-state index in [1.54, 1.807) is 13.3 Å². The quantitative estimate of drug-likeness (QED) is 0.360. The minimum atomic E-state index is -0.122. The van der Waals surface area contributed by atoms with Gasteiger partial charge in [0.25, 0.3) is 5.56 Å². The maximum Gasteiger partial charge on any atom is 0.262 e. The summed E-state index contributed by atoms with van der Waals surface area (Å²) < 4.78 is 12.6. The smallest absolute Gasteiger partial charge is 0.262 e. The van der Waals surface area contributed by atoms with Crippen LogP contribution in [0.15, 0.2) is 53.5 Å². The molecule has 1 N–H and O–H groups in total. The van der Waals surface area contributed by atoms with Crippen molar-refractivity contribution in [2.75, 3.05) is 20.3 Å². The van der Waals surface area contributed by atoms with Gasteiger partial charge in [0.05, 0.1) is 24.0 Å². The lowest BCUT2D eigenvalue weighted by Gasteiger charge is -2.16. The van der Waals surface area contributed by atoms with Crippen LogP contribution in [0.25, 0.3) is 11.0 Å². The fraction of sp³-hybridized carbons (Fsp3) is 0.385. The average molecular weight is 460 g/mol. The lowest BCUT2D eigenvalue weighted by Crippen LogP contribution is -2.16. The molecule has 0 amide bonds. The van der Waals surface area contributed by atoms with Crippen molar-refractivity contribution in [2.45, 2.75) is 44.6 Å². The molecular formula is C26H29N5O3. The van der Waals surface area contributed by atoms with Crippen LogP contribution in [-0.4, -0.2) is 45.1 Å². The molecule has 8 nitrogen and oxygen atoms in total. The molecule has 34 heavy (non-hydrogen) atoms. The van der Waals surface area contributed by atoms with Crippen molar-refractivity contribution in [1.29, 1.82) is 0 Å². The summed E-state index contributed by atoms with van der Waals surface area (Å²) in [6.45, 7) is 3.15. The number of H-pyrrole nitrogens is 1. The van der Waals surface area contributed by atoms with Gasteiger partial charge in [-0.05, 0) is 49.1 Å². The molecule has 1 aliphatic rings. The van der Waals surface area contributed by atoms with Crippen molar-refractivity contribution >= 4 is 11.0 Å². The standard InChI is InChI=1S/C26H29N5O3/c1-3-21(20-6-4-5-13-27-20)31-25-23(24(30-31)18-9-10-18)26(32)29-22(28-25)16-17-7-11-19(12-8-17)34-15-14-33-2/h4-8,11-13,18,21H,3,9-10,14-16H2,1-2H3,(H,28,29,32). The van der Waals surface area contributed by atoms with Crippen LogP contribution in [0.1, 0.15) is 60.9 Å². The van der Waals surface area contributed by atoms with Gasteiger partial charge in [0.1, 0.15) is 23.6 Å². The van der Waals surface area contributed by atoms with Crippen molar-refractivity contribution in [3.63, 3.8) is 0 Å². The molecular weight excluding hydrogens is 430 g/mol. The average Bonchev–Trinajstić information content (AvgIpc) is 3.63. The Morgan fingerprint density at radius 2 is 1.97 bits per heavy atom. The predicted molar refractivity (Wildman–Crippen MR) is 129 cm³/mol. The summed E-state index contributed by atoms with van der Waals surface area (Å²) in [5.74, 6) is 1.74. The van der Waals surface area contributed by atoms with Gasteiger partial charge >= 0.3 is 0 Å². The Morgan fingerprint density at radius 1 is 1.15 bits per heavy atom. The van der Waals surface area contributed by atoms with E-state index in [-0.39, 0.29) is 11.6 Å². The number of benzene rings is 1. The molecule has 0 spiro atoms. The van der Waals surface area contributed by atoms with E-state index >= 15 is 0 Å². The van der Waals surface area contributed by atoms with Gasteiger partial charge in [-0.3, -0.25) is 9.78 Å². The van der Waals surface area contributed by atoms with Crippen LogP contribution in [0, 0.1) is 0 Å². The third-order valence-electron chi connectivity index (χ3n) is 6.16. The normalized spacial score (nSPS) is 14.4. The summed E-state index contributed by atoms with van der Waals surface area (Å²) in [4.78, 5) is 25.7. The maximum atomic E-state index is 13.2. The highest BCUT2D eigenvalue weighted by Gasteiger charge is 2.32. The van der Waals surface area contributed by atoms with Gasteiger partial charge in [-0.1, -0.05) is 25.1 Å². The fourth-order valence-corrected chi connectivity index (χ4v) is 4.28. The molecule has 0 saturated heterocycles. The third-order valence-corrected chi connectivity index (χ3v) is 6.16. The SMILES string of the molecule is CCC(c1ccccn1)n1nc(C2CC2)c2c(=O)[nH]c(Cc3ccc(OCCOC)cc3)nc21. The molecule has 5 rings (SSSR count). The van der Waals surface area contributed by atoms with Gasteiger partial charge in [0.15, 0.2) is 5.65 Å². The largest absolute Gasteiger partial charge is 0.491 e. The molecule has 176 valence electrons. The van der Waals surface area contributed by atoms with Crippen LogP contribution in [0.5, 0.6) is 5.75 Å². The summed E-state index contributed by atoms with van der Waals surface area (Å²) in [6, 6.07) is 13.6. The molecule has 1 fully saturated rings. The number of hydrogen-bond acceptors (Lipinski definition) is 6. The Kier molecular flexibility index (Phi) is 6.40. The van der Waals surface area contributed by atoms with Gasteiger partial charge in [-0.2, -0.15) is 5.10 Å². The second-order valence-electron chi connectivity index (χ2n) is 8.66. The molecule has 3 heterocycles. The first kappa shape index (κ1) is 22.3. The Morgan fingerprint density at radius 3 is 2.65 bits per heavy atom. The highest BCUT2D eigenvalue weighted by molar-refractivity contribution is 5.78. The van der Waals surface area contributed by atoms with E-state index in [4.69, 9.17) is 19.6 Å². The van der Waals surface area contributed by atoms with Crippen molar-refractivity contribution in [2.24, 2.45) is 0 Å². The second-order valence-corrected chi connectivity index (χ2v) is 8.66. The summed E-state index contributed by atoms with van der Waals surface area (Å²) in [5.41, 5.74) is 3.33. The Hall–Kier alpha value is -3.52. The van der Waals surface area contributed by atoms with Crippen LogP contribution < -0.4 is 10.3 Å². The van der Waals surface area contributed by atoms with Crippen LogP contribution >= 0.6 is 0 Å². The lowest BCUT2D eigenvalue weighted by atomic mass is 10.1. The van der Waals surface area contributed by atoms with E-state index in [1.807, 2.05) is 47.1 Å². The van der Waals surface area contributed by atoms with E-state index in [1.165, 1.54) is 0 Å². The maximum absolute atomic E-state index is 13.2. The minimum Gasteiger partial charge on any atom is -0.491 e. The number of methoxy groups -OCH3 is 1. The number of nitrogens with zero attached hydrogens (tertiary/aromatic N) is 4. The van der Waals surface area contributed by atoms with Crippen molar-refractivity contribution < 1.29 is 9.47 Å². The molecule has 1 unspecified atom stereocenters. The molecule has 0 radical (unpaired) electrons. The highest BCUT2D eigenvalue weighted by Crippen LogP contribution is 2.42. The molecule has 1 aliphatic carbocycles. The van der Waals surface area contributed by atoms with Crippen LogP contribution in [0.4, 0.5) is 0 Å². The summed E-state index contributed by atoms with van der Waals surface area (Å²) >= 11 is 0. The van der Waals surface area contributed by atoms with Gasteiger partial charge < -0.3 is 14.5 Å². The Balaban J connectivity index is 1.50. The van der Waals surface area contributed by atoms with E-state index in [9.17, 15) is 4.79 Å². The lowest BCUT2D eigenvalue weighted by molar-refractivity contribution is 0.146. The van der Waals surface area contributed by atoms with Gasteiger partial charge in [0.2, 0.25) is 0 Å². The summed E-state index contributed by atoms with van der Waals surface area (Å²) in [5, 5.41) is 5.54. The molecule has 4 aromatic rings. The van der Waals surface area contributed by atoms with Crippen molar-refractivity contribution in [1.82, 2.24) is 24.7 Å². The van der Waals surface area contributed by atoms with Gasteiger partial charge in [0, 0.05) is 25.6 Å². The number of aromatic nitrogens is 5. The third kappa shape index (κ3) is 4.59. The molecule has 3 aromatic heterocycles. The van der Waals surface area contributed by atoms with E-state index in [0.29, 0.717) is 42.4 Å². The number of fused-ring (bicyclic) bond motifs is 1. The minimum absolute atomic E-state index is 0.0816. The number of nitrogens with one attached hydrogen (secondary N) is 1. The monoisotopic (exact) mass is 459 g/mol. The molecule has 1 aromatic carbocycles. The molecule has 8 heteroatoms. The van der Waals surface area contributed by atoms with Crippen LogP contribution in [0.2, 0.25) is 0 Å². The highest BCUT2D eigenvalue weighted by atomic mass is 16.5. The molecule has 0 aliphatic heterocycles. The van der Waals surface area contributed by atoms with Gasteiger partial charge in [-0.25, -0.2) is 9.67 Å². The molecule has 1 saturated carbocycles. The Bertz CT molecular complexity index is 1310. The summed E-state index contributed by atoms with van der Waals surface area (Å²) in [7, 11) is 1.65. The zero-order valence-electron chi connectivity index (χ0n) is 19.5. The molecule has 0 bridgehead atoms. The van der Waals surface area contributed by atoms with E-state index < -0.39 is 0 Å². The Labute approximate surface area is 198 Å². The van der Waals surface area contributed by atoms with Crippen molar-refractivity contribution in [3.8, 4) is 5.75 Å². The zero-order chi connectivity index (χ0) is 23.5. The predicted octanol–water partition coefficient (Wildman–Crippen LogP) is 4.01. The first-order valence-corrected chi connectivity index (χ1v) is 11.8. The molecule has 1 atom stereocenters. The number of aromatic amines is 1. The van der Waals surface area contributed by atoms with Crippen LogP contribution in [0.3, 0.4) is 0 Å². The first-order valence-electron chi connectivity index (χ1n) is 11.8. The van der Waals surface area contributed by atoms with Crippen LogP contribution in [-0.2, 0) is 11.2 Å². The van der Waals surface area contributed by atoms with E-state index in [2.05, 4.69) is 16.9 Å². The summed E-state index contributed by atoms with van der Waals surface area (Å²) in [6.07, 6.45) is 5.22. The number of pyridine rings is 1. The first-order chi connectivity index (χ1) is 16.7. The number of hydrogen-bond donors (Lipinski definition) is 1. The second kappa shape index (κ2) is 9.77. The number of rotatable bonds is 10. The van der Waals surface area contributed by atoms with E-state index in [0.717, 1.165) is 42.0 Å². The van der Waals surface area contributed by atoms with Crippen molar-refractivity contribution in [3.05, 3.63) is 81.8 Å². The topological polar surface area (TPSA) is 94.9 Å². The zero-order valence-corrected chi connectivity index (χ0v) is 19.5. The fourth-order valence-electron chi connectivity index (χ4n) is 4.28. The van der Waals surface area contributed by atoms with Gasteiger partial charge in [-0.15, -0.1) is 0 Å².